The number of halogens is 3. The number of benzene rings is 1. The van der Waals surface area contributed by atoms with Gasteiger partial charge in [0.1, 0.15) is 15.5 Å². The number of thiophene rings is 1. The number of carbonyl (C=O) groups is 2. The highest BCUT2D eigenvalue weighted by Crippen LogP contribution is 2.35. The predicted molar refractivity (Wildman–Crippen MR) is 112 cm³/mol. The van der Waals surface area contributed by atoms with Gasteiger partial charge in [-0.25, -0.2) is 9.78 Å². The number of alkyl halides is 3. The summed E-state index contributed by atoms with van der Waals surface area (Å²) in [7, 11) is 0. The van der Waals surface area contributed by atoms with E-state index >= 15 is 0 Å². The maximum atomic E-state index is 13.1. The van der Waals surface area contributed by atoms with Gasteiger partial charge in [0.05, 0.1) is 16.6 Å². The minimum atomic E-state index is -4.65. The number of aryl methyl sites for hydroxylation is 2. The van der Waals surface area contributed by atoms with Crippen LogP contribution in [0.3, 0.4) is 0 Å². The Kier molecular flexibility index (Phi) is 5.53. The molecule has 11 heteroatoms. The number of aromatic nitrogens is 2. The van der Waals surface area contributed by atoms with E-state index < -0.39 is 35.4 Å². The molecule has 2 aromatic heterocycles. The van der Waals surface area contributed by atoms with Gasteiger partial charge in [0.2, 0.25) is 0 Å². The molecule has 0 bridgehead atoms. The molecule has 1 unspecified atom stereocenters. The zero-order valence-electron chi connectivity index (χ0n) is 17.1. The van der Waals surface area contributed by atoms with Crippen LogP contribution in [-0.2, 0) is 28.7 Å². The van der Waals surface area contributed by atoms with E-state index in [1.54, 1.807) is 11.5 Å². The lowest BCUT2D eigenvalue weighted by molar-refractivity contribution is -0.137. The second-order valence-electron chi connectivity index (χ2n) is 7.40. The van der Waals surface area contributed by atoms with E-state index in [1.807, 2.05) is 0 Å². The van der Waals surface area contributed by atoms with Crippen LogP contribution in [-0.4, -0.2) is 27.5 Å². The molecule has 4 rings (SSSR count). The second kappa shape index (κ2) is 8.05. The summed E-state index contributed by atoms with van der Waals surface area (Å²) < 4.78 is 46.2. The highest BCUT2D eigenvalue weighted by Gasteiger charge is 2.34. The Morgan fingerprint density at radius 1 is 1.28 bits per heavy atom. The van der Waals surface area contributed by atoms with Crippen molar-refractivity contribution in [1.82, 2.24) is 9.55 Å². The molecule has 0 radical (unpaired) electrons. The molecule has 0 spiro atoms. The number of carbonyl (C=O) groups excluding carboxylic acids is 2. The Labute approximate surface area is 183 Å². The molecule has 1 amide bonds. The van der Waals surface area contributed by atoms with Crippen LogP contribution in [0.4, 0.5) is 18.9 Å². The Morgan fingerprint density at radius 2 is 2.00 bits per heavy atom. The Hall–Kier alpha value is -3.21. The van der Waals surface area contributed by atoms with Crippen LogP contribution in [0, 0.1) is 6.92 Å². The average Bonchev–Trinajstić information content (AvgIpc) is 3.32. The lowest BCUT2D eigenvalue weighted by Gasteiger charge is -2.16. The SMILES string of the molecule is Cc1c(C(=O)OC(C)C(=O)Nc2ccccc2C(F)(F)F)sc2nc3n(c(=O)c12)CCC3. The molecule has 0 aliphatic carbocycles. The molecule has 0 saturated carbocycles. The molecule has 1 atom stereocenters. The lowest BCUT2D eigenvalue weighted by Crippen LogP contribution is -2.30. The fourth-order valence-corrected chi connectivity index (χ4v) is 4.68. The maximum Gasteiger partial charge on any atom is 0.418 e. The number of nitrogens with one attached hydrogen (secondary N) is 1. The molecule has 1 aliphatic rings. The van der Waals surface area contributed by atoms with Gasteiger partial charge in [-0.3, -0.25) is 14.2 Å². The number of fused-ring (bicyclic) bond motifs is 2. The highest BCUT2D eigenvalue weighted by atomic mass is 32.1. The molecule has 0 fully saturated rings. The van der Waals surface area contributed by atoms with E-state index in [4.69, 9.17) is 4.74 Å². The topological polar surface area (TPSA) is 90.3 Å². The van der Waals surface area contributed by atoms with Gasteiger partial charge in [0.15, 0.2) is 6.10 Å². The minimum absolute atomic E-state index is 0.129. The van der Waals surface area contributed by atoms with Crippen LogP contribution in [0.2, 0.25) is 0 Å². The number of hydrogen-bond donors (Lipinski definition) is 1. The van der Waals surface area contributed by atoms with Crippen LogP contribution in [0.5, 0.6) is 0 Å². The van der Waals surface area contributed by atoms with Crippen LogP contribution < -0.4 is 10.9 Å². The molecular weight excluding hydrogens is 447 g/mol. The van der Waals surface area contributed by atoms with E-state index in [0.29, 0.717) is 34.6 Å². The molecule has 1 aromatic carbocycles. The summed E-state index contributed by atoms with van der Waals surface area (Å²) in [5, 5.41) is 2.49. The first-order chi connectivity index (χ1) is 15.1. The smallest absolute Gasteiger partial charge is 0.418 e. The molecule has 1 aliphatic heterocycles. The molecular formula is C21H18F3N3O4S. The van der Waals surface area contributed by atoms with Crippen molar-refractivity contribution in [1.29, 1.82) is 0 Å². The normalized spacial score (nSPS) is 14.3. The summed E-state index contributed by atoms with van der Waals surface area (Å²) >= 11 is 0.996. The molecule has 0 saturated heterocycles. The van der Waals surface area contributed by atoms with Gasteiger partial charge in [-0.15, -0.1) is 11.3 Å². The van der Waals surface area contributed by atoms with Crippen LogP contribution in [0.25, 0.3) is 10.2 Å². The largest absolute Gasteiger partial charge is 0.448 e. The summed E-state index contributed by atoms with van der Waals surface area (Å²) in [6.45, 7) is 3.43. The molecule has 168 valence electrons. The van der Waals surface area contributed by atoms with Gasteiger partial charge in [-0.05, 0) is 38.0 Å². The Balaban J connectivity index is 1.54. The van der Waals surface area contributed by atoms with Crippen molar-refractivity contribution >= 4 is 39.1 Å². The molecule has 7 nitrogen and oxygen atoms in total. The Bertz CT molecular complexity index is 1300. The van der Waals surface area contributed by atoms with E-state index in [-0.39, 0.29) is 10.4 Å². The molecule has 3 aromatic rings. The van der Waals surface area contributed by atoms with Crippen molar-refractivity contribution < 1.29 is 27.5 Å². The first kappa shape index (κ1) is 22.0. The van der Waals surface area contributed by atoms with Gasteiger partial charge in [-0.1, -0.05) is 12.1 Å². The number of amides is 1. The number of ether oxygens (including phenoxy) is 1. The first-order valence-electron chi connectivity index (χ1n) is 9.78. The summed E-state index contributed by atoms with van der Waals surface area (Å²) in [4.78, 5) is 42.8. The fraction of sp³-hybridized carbons (Fsp3) is 0.333. The maximum absolute atomic E-state index is 13.1. The van der Waals surface area contributed by atoms with E-state index in [2.05, 4.69) is 10.3 Å². The summed E-state index contributed by atoms with van der Waals surface area (Å²) in [5.41, 5.74) is -1.25. The third-order valence-electron chi connectivity index (χ3n) is 5.24. The zero-order valence-corrected chi connectivity index (χ0v) is 17.9. The third-order valence-corrected chi connectivity index (χ3v) is 6.41. The number of esters is 1. The average molecular weight is 465 g/mol. The van der Waals surface area contributed by atoms with Crippen molar-refractivity contribution in [2.24, 2.45) is 0 Å². The van der Waals surface area contributed by atoms with Crippen molar-refractivity contribution in [2.75, 3.05) is 5.32 Å². The highest BCUT2D eigenvalue weighted by molar-refractivity contribution is 7.20. The number of para-hydroxylation sites is 1. The van der Waals surface area contributed by atoms with Crippen molar-refractivity contribution in [3.8, 4) is 0 Å². The van der Waals surface area contributed by atoms with Crippen LogP contribution in [0.15, 0.2) is 29.1 Å². The van der Waals surface area contributed by atoms with Gasteiger partial charge >= 0.3 is 12.1 Å². The van der Waals surface area contributed by atoms with Gasteiger partial charge in [0.25, 0.3) is 11.5 Å². The minimum Gasteiger partial charge on any atom is -0.448 e. The molecule has 1 N–H and O–H groups in total. The van der Waals surface area contributed by atoms with E-state index in [0.717, 1.165) is 29.9 Å². The van der Waals surface area contributed by atoms with Gasteiger partial charge < -0.3 is 10.1 Å². The molecule has 3 heterocycles. The Morgan fingerprint density at radius 3 is 2.72 bits per heavy atom. The van der Waals surface area contributed by atoms with E-state index in [1.165, 1.54) is 19.1 Å². The molecule has 32 heavy (non-hydrogen) atoms. The first-order valence-corrected chi connectivity index (χ1v) is 10.6. The number of hydrogen-bond acceptors (Lipinski definition) is 6. The standard InChI is InChI=1S/C21H18F3N3O4S/c1-10-15-18(26-14-8-5-9-27(14)19(15)29)32-16(10)20(30)31-11(2)17(28)25-13-7-4-3-6-12(13)21(22,23)24/h3-4,6-7,11H,5,8-9H2,1-2H3,(H,25,28). The third kappa shape index (κ3) is 3.88. The zero-order chi connectivity index (χ0) is 23.2. The quantitative estimate of drug-likeness (QED) is 0.590. The van der Waals surface area contributed by atoms with Gasteiger partial charge in [-0.2, -0.15) is 13.2 Å². The summed E-state index contributed by atoms with van der Waals surface area (Å²) in [6, 6.07) is 4.52. The van der Waals surface area contributed by atoms with Gasteiger partial charge in [0, 0.05) is 13.0 Å². The summed E-state index contributed by atoms with van der Waals surface area (Å²) in [6.07, 6.45) is -4.51. The second-order valence-corrected chi connectivity index (χ2v) is 8.40. The van der Waals surface area contributed by atoms with Crippen molar-refractivity contribution in [2.45, 2.75) is 45.5 Å². The van der Waals surface area contributed by atoms with Crippen molar-refractivity contribution in [3.63, 3.8) is 0 Å². The number of rotatable bonds is 4. The lowest BCUT2D eigenvalue weighted by atomic mass is 10.1. The van der Waals surface area contributed by atoms with Crippen molar-refractivity contribution in [3.05, 3.63) is 56.4 Å². The summed E-state index contributed by atoms with van der Waals surface area (Å²) in [5.74, 6) is -1.09. The monoisotopic (exact) mass is 465 g/mol. The fourth-order valence-electron chi connectivity index (χ4n) is 3.61. The van der Waals surface area contributed by atoms with Crippen LogP contribution >= 0.6 is 11.3 Å². The van der Waals surface area contributed by atoms with Crippen LogP contribution in [0.1, 0.15) is 40.0 Å². The number of nitrogens with zero attached hydrogens (tertiary/aromatic N) is 2. The number of anilines is 1. The predicted octanol–water partition coefficient (Wildman–Crippen LogP) is 3.92. The van der Waals surface area contributed by atoms with E-state index in [9.17, 15) is 27.6 Å².